The maximum atomic E-state index is 13.9. The Bertz CT molecular complexity index is 1290. The Morgan fingerprint density at radius 2 is 1.74 bits per heavy atom. The first-order valence-electron chi connectivity index (χ1n) is 11.2. The van der Waals surface area contributed by atoms with Crippen molar-refractivity contribution in [3.05, 3.63) is 96.6 Å². The fourth-order valence-corrected chi connectivity index (χ4v) is 4.20. The van der Waals surface area contributed by atoms with Crippen LogP contribution in [-0.2, 0) is 23.4 Å². The number of ether oxygens (including phenoxy) is 2. The molecule has 172 valence electrons. The molecule has 0 radical (unpaired) electrons. The first kappa shape index (κ1) is 21.7. The summed E-state index contributed by atoms with van der Waals surface area (Å²) in [5, 5.41) is 4.24. The third-order valence-electron chi connectivity index (χ3n) is 6.08. The number of carbonyl (C=O) groups excluding carboxylic acids is 1. The standard InChI is InChI=1S/C27H26N4O3/c1-27(2,31-18-28-17-29-31)26(32)30(15-20-12-13-24-25(14-20)34-19-33-24)16-22-10-6-7-11-23(22)21-8-4-3-5-9-21/h3-14,17-18H,15-16,19H2,1-2H3. The molecule has 1 aromatic heterocycles. The van der Waals surface area contributed by atoms with Crippen molar-refractivity contribution >= 4 is 5.91 Å². The number of hydrogen-bond donors (Lipinski definition) is 0. The van der Waals surface area contributed by atoms with E-state index in [0.717, 1.165) is 28.0 Å². The van der Waals surface area contributed by atoms with Gasteiger partial charge < -0.3 is 14.4 Å². The Morgan fingerprint density at radius 1 is 0.971 bits per heavy atom. The summed E-state index contributed by atoms with van der Waals surface area (Å²) in [7, 11) is 0. The molecule has 0 fully saturated rings. The smallest absolute Gasteiger partial charge is 0.250 e. The SMILES string of the molecule is CC(C)(C(=O)N(Cc1ccc2c(c1)OCO2)Cc1ccccc1-c1ccccc1)n1cncn1. The van der Waals surface area contributed by atoms with Gasteiger partial charge in [0.15, 0.2) is 11.5 Å². The maximum Gasteiger partial charge on any atom is 0.250 e. The van der Waals surface area contributed by atoms with Crippen molar-refractivity contribution in [3.8, 4) is 22.6 Å². The average Bonchev–Trinajstić information content (AvgIpc) is 3.56. The Morgan fingerprint density at radius 3 is 2.53 bits per heavy atom. The van der Waals surface area contributed by atoms with E-state index in [4.69, 9.17) is 9.47 Å². The molecular formula is C27H26N4O3. The summed E-state index contributed by atoms with van der Waals surface area (Å²) >= 11 is 0. The van der Waals surface area contributed by atoms with Crippen LogP contribution < -0.4 is 9.47 Å². The van der Waals surface area contributed by atoms with Gasteiger partial charge in [0.2, 0.25) is 6.79 Å². The number of rotatable bonds is 7. The van der Waals surface area contributed by atoms with Crippen LogP contribution in [0, 0.1) is 0 Å². The zero-order valence-corrected chi connectivity index (χ0v) is 19.2. The molecule has 0 spiro atoms. The Labute approximate surface area is 198 Å². The highest BCUT2D eigenvalue weighted by molar-refractivity contribution is 5.84. The second-order valence-corrected chi connectivity index (χ2v) is 8.77. The lowest BCUT2D eigenvalue weighted by Gasteiger charge is -2.32. The van der Waals surface area contributed by atoms with Crippen molar-refractivity contribution in [1.29, 1.82) is 0 Å². The minimum atomic E-state index is -0.908. The zero-order valence-electron chi connectivity index (χ0n) is 19.2. The molecule has 1 aliphatic rings. The van der Waals surface area contributed by atoms with Crippen LogP contribution in [0.25, 0.3) is 11.1 Å². The summed E-state index contributed by atoms with van der Waals surface area (Å²) in [6.45, 7) is 4.79. The van der Waals surface area contributed by atoms with Crippen LogP contribution in [0.5, 0.6) is 11.5 Å². The van der Waals surface area contributed by atoms with E-state index in [-0.39, 0.29) is 12.7 Å². The lowest BCUT2D eigenvalue weighted by Crippen LogP contribution is -2.46. The molecule has 4 aromatic rings. The van der Waals surface area contributed by atoms with E-state index in [1.165, 1.54) is 6.33 Å². The van der Waals surface area contributed by atoms with Crippen LogP contribution in [-0.4, -0.2) is 32.4 Å². The van der Waals surface area contributed by atoms with Crippen LogP contribution >= 0.6 is 0 Å². The first-order valence-corrected chi connectivity index (χ1v) is 11.2. The maximum absolute atomic E-state index is 13.9. The number of nitrogens with zero attached hydrogens (tertiary/aromatic N) is 4. The van der Waals surface area contributed by atoms with Crippen LogP contribution in [0.3, 0.4) is 0 Å². The van der Waals surface area contributed by atoms with Gasteiger partial charge in [0.1, 0.15) is 18.2 Å². The van der Waals surface area contributed by atoms with E-state index in [1.807, 2.05) is 67.3 Å². The summed E-state index contributed by atoms with van der Waals surface area (Å²) in [5.41, 5.74) is 3.34. The number of fused-ring (bicyclic) bond motifs is 1. The topological polar surface area (TPSA) is 69.5 Å². The van der Waals surface area contributed by atoms with Crippen molar-refractivity contribution in [2.24, 2.45) is 0 Å². The molecule has 7 nitrogen and oxygen atoms in total. The second kappa shape index (κ2) is 9.02. The van der Waals surface area contributed by atoms with Gasteiger partial charge in [0, 0.05) is 13.1 Å². The van der Waals surface area contributed by atoms with Gasteiger partial charge in [-0.3, -0.25) is 4.79 Å². The van der Waals surface area contributed by atoms with E-state index in [2.05, 4.69) is 34.3 Å². The van der Waals surface area contributed by atoms with Gasteiger partial charge in [-0.1, -0.05) is 60.7 Å². The third-order valence-corrected chi connectivity index (χ3v) is 6.08. The molecule has 0 unspecified atom stereocenters. The molecule has 1 aliphatic heterocycles. The molecule has 0 atom stereocenters. The third kappa shape index (κ3) is 4.24. The molecule has 34 heavy (non-hydrogen) atoms. The first-order chi connectivity index (χ1) is 16.5. The van der Waals surface area contributed by atoms with Crippen molar-refractivity contribution < 1.29 is 14.3 Å². The zero-order chi connectivity index (χ0) is 23.5. The highest BCUT2D eigenvalue weighted by Gasteiger charge is 2.35. The monoisotopic (exact) mass is 454 g/mol. The van der Waals surface area contributed by atoms with Crippen molar-refractivity contribution in [2.75, 3.05) is 6.79 Å². The number of amides is 1. The largest absolute Gasteiger partial charge is 0.454 e. The van der Waals surface area contributed by atoms with Crippen molar-refractivity contribution in [1.82, 2.24) is 19.7 Å². The molecule has 2 heterocycles. The fraction of sp³-hybridized carbons (Fsp3) is 0.222. The molecule has 1 amide bonds. The van der Waals surface area contributed by atoms with Gasteiger partial charge >= 0.3 is 0 Å². The fourth-order valence-electron chi connectivity index (χ4n) is 4.20. The predicted octanol–water partition coefficient (Wildman–Crippen LogP) is 4.64. The average molecular weight is 455 g/mol. The summed E-state index contributed by atoms with van der Waals surface area (Å²) in [6.07, 6.45) is 3.02. The number of benzene rings is 3. The molecule has 0 saturated heterocycles. The molecule has 0 bridgehead atoms. The molecular weight excluding hydrogens is 428 g/mol. The molecule has 7 heteroatoms. The summed E-state index contributed by atoms with van der Waals surface area (Å²) in [6, 6.07) is 24.2. The van der Waals surface area contributed by atoms with Gasteiger partial charge in [-0.25, -0.2) is 9.67 Å². The van der Waals surface area contributed by atoms with Crippen molar-refractivity contribution in [2.45, 2.75) is 32.5 Å². The summed E-state index contributed by atoms with van der Waals surface area (Å²) in [5.74, 6) is 1.36. The second-order valence-electron chi connectivity index (χ2n) is 8.77. The van der Waals surface area contributed by atoms with Crippen LogP contribution in [0.1, 0.15) is 25.0 Å². The minimum absolute atomic E-state index is 0.0569. The van der Waals surface area contributed by atoms with Crippen molar-refractivity contribution in [3.63, 3.8) is 0 Å². The van der Waals surface area contributed by atoms with Crippen LogP contribution in [0.4, 0.5) is 0 Å². The summed E-state index contributed by atoms with van der Waals surface area (Å²) in [4.78, 5) is 19.8. The van der Waals surface area contributed by atoms with Gasteiger partial charge in [-0.05, 0) is 48.2 Å². The van der Waals surface area contributed by atoms with E-state index >= 15 is 0 Å². The predicted molar refractivity (Wildman–Crippen MR) is 128 cm³/mol. The van der Waals surface area contributed by atoms with Gasteiger partial charge in [0.25, 0.3) is 5.91 Å². The normalized spacial score (nSPS) is 12.5. The quantitative estimate of drug-likeness (QED) is 0.407. The highest BCUT2D eigenvalue weighted by atomic mass is 16.7. The number of aromatic nitrogens is 3. The lowest BCUT2D eigenvalue weighted by molar-refractivity contribution is -0.141. The number of hydrogen-bond acceptors (Lipinski definition) is 5. The molecule has 0 saturated carbocycles. The van der Waals surface area contributed by atoms with Gasteiger partial charge in [-0.15, -0.1) is 0 Å². The molecule has 0 N–H and O–H groups in total. The Hall–Kier alpha value is -4.13. The molecule has 3 aromatic carbocycles. The van der Waals surface area contributed by atoms with E-state index in [1.54, 1.807) is 11.0 Å². The highest BCUT2D eigenvalue weighted by Crippen LogP contribution is 2.34. The number of carbonyl (C=O) groups is 1. The van der Waals surface area contributed by atoms with Crippen LogP contribution in [0.15, 0.2) is 85.5 Å². The lowest BCUT2D eigenvalue weighted by atomic mass is 9.97. The Kier molecular flexibility index (Phi) is 5.76. The molecule has 0 aliphatic carbocycles. The van der Waals surface area contributed by atoms with E-state index < -0.39 is 5.54 Å². The van der Waals surface area contributed by atoms with Gasteiger partial charge in [0.05, 0.1) is 0 Å². The van der Waals surface area contributed by atoms with Crippen LogP contribution in [0.2, 0.25) is 0 Å². The van der Waals surface area contributed by atoms with E-state index in [0.29, 0.717) is 18.8 Å². The van der Waals surface area contributed by atoms with E-state index in [9.17, 15) is 4.79 Å². The molecule has 5 rings (SSSR count). The van der Waals surface area contributed by atoms with Gasteiger partial charge in [-0.2, -0.15) is 5.10 Å². The summed E-state index contributed by atoms with van der Waals surface area (Å²) < 4.78 is 12.6. The minimum Gasteiger partial charge on any atom is -0.454 e. The Balaban J connectivity index is 1.51.